The van der Waals surface area contributed by atoms with Crippen LogP contribution in [0, 0.1) is 0 Å². The average molecular weight is 289 g/mol. The molecule has 0 amide bonds. The number of rotatable bonds is 4. The van der Waals surface area contributed by atoms with E-state index in [4.69, 9.17) is 16.4 Å². The van der Waals surface area contributed by atoms with Gasteiger partial charge >= 0.3 is 0 Å². The van der Waals surface area contributed by atoms with Gasteiger partial charge in [0.2, 0.25) is 10.0 Å². The third-order valence-corrected chi connectivity index (χ3v) is 4.20. The molecule has 0 aromatic heterocycles. The molecule has 0 fully saturated rings. The van der Waals surface area contributed by atoms with Gasteiger partial charge in [0.1, 0.15) is 6.10 Å². The van der Waals surface area contributed by atoms with Crippen LogP contribution in [0.4, 0.5) is 0 Å². The van der Waals surface area contributed by atoms with E-state index in [1.165, 1.54) is 24.3 Å². The molecule has 0 saturated carbocycles. The maximum Gasteiger partial charge on any atom is 0.240 e. The van der Waals surface area contributed by atoms with Gasteiger partial charge in [-0.15, -0.1) is 0 Å². The Morgan fingerprint density at radius 3 is 2.67 bits per heavy atom. The summed E-state index contributed by atoms with van der Waals surface area (Å²) in [4.78, 5) is 5.24. The SMILES string of the molecule is CC1=NO[C@@H](CNS(=O)(=O)c2ccc(Cl)cc2)C1. The van der Waals surface area contributed by atoms with E-state index in [1.807, 2.05) is 6.92 Å². The molecule has 2 rings (SSSR count). The lowest BCUT2D eigenvalue weighted by Gasteiger charge is -2.10. The number of benzene rings is 1. The summed E-state index contributed by atoms with van der Waals surface area (Å²) in [5, 5.41) is 4.26. The zero-order valence-corrected chi connectivity index (χ0v) is 11.3. The predicted molar refractivity (Wildman–Crippen MR) is 69.2 cm³/mol. The zero-order valence-electron chi connectivity index (χ0n) is 9.76. The maximum atomic E-state index is 11.9. The molecule has 0 saturated heterocycles. The number of halogens is 1. The minimum absolute atomic E-state index is 0.183. The smallest absolute Gasteiger partial charge is 0.240 e. The summed E-state index contributed by atoms with van der Waals surface area (Å²) >= 11 is 5.71. The van der Waals surface area contributed by atoms with Crippen molar-refractivity contribution in [1.29, 1.82) is 0 Å². The van der Waals surface area contributed by atoms with Gasteiger partial charge in [0, 0.05) is 11.4 Å². The van der Waals surface area contributed by atoms with Crippen LogP contribution in [-0.2, 0) is 14.9 Å². The van der Waals surface area contributed by atoms with Crippen molar-refractivity contribution in [2.24, 2.45) is 5.16 Å². The van der Waals surface area contributed by atoms with E-state index in [9.17, 15) is 8.42 Å². The van der Waals surface area contributed by atoms with Crippen molar-refractivity contribution in [2.45, 2.75) is 24.3 Å². The molecule has 0 radical (unpaired) electrons. The average Bonchev–Trinajstić information content (AvgIpc) is 2.73. The van der Waals surface area contributed by atoms with Gasteiger partial charge in [-0.2, -0.15) is 0 Å². The Balaban J connectivity index is 1.98. The molecule has 1 aromatic rings. The van der Waals surface area contributed by atoms with Crippen LogP contribution in [0.25, 0.3) is 0 Å². The summed E-state index contributed by atoms with van der Waals surface area (Å²) in [6.45, 7) is 2.04. The molecule has 1 aromatic carbocycles. The number of nitrogens with one attached hydrogen (secondary N) is 1. The molecule has 18 heavy (non-hydrogen) atoms. The van der Waals surface area contributed by atoms with Crippen LogP contribution >= 0.6 is 11.6 Å². The van der Waals surface area contributed by atoms with Gasteiger partial charge < -0.3 is 4.84 Å². The quantitative estimate of drug-likeness (QED) is 0.918. The van der Waals surface area contributed by atoms with Crippen LogP contribution < -0.4 is 4.72 Å². The van der Waals surface area contributed by atoms with Gasteiger partial charge in [0.15, 0.2) is 0 Å². The fourth-order valence-corrected chi connectivity index (χ4v) is 2.77. The first kappa shape index (κ1) is 13.3. The molecule has 1 atom stereocenters. The highest BCUT2D eigenvalue weighted by Gasteiger charge is 2.21. The third kappa shape index (κ3) is 3.22. The second-order valence-corrected chi connectivity index (χ2v) is 6.27. The molecule has 0 unspecified atom stereocenters. The normalized spacial score (nSPS) is 19.4. The van der Waals surface area contributed by atoms with Crippen LogP contribution in [-0.4, -0.2) is 26.8 Å². The zero-order chi connectivity index (χ0) is 13.2. The lowest BCUT2D eigenvalue weighted by molar-refractivity contribution is 0.0891. The van der Waals surface area contributed by atoms with Crippen LogP contribution in [0.15, 0.2) is 34.3 Å². The fraction of sp³-hybridized carbons (Fsp3) is 0.364. The first-order chi connectivity index (χ1) is 8.47. The second kappa shape index (κ2) is 5.26. The minimum Gasteiger partial charge on any atom is -0.391 e. The Morgan fingerprint density at radius 2 is 2.11 bits per heavy atom. The van der Waals surface area contributed by atoms with E-state index in [-0.39, 0.29) is 17.5 Å². The van der Waals surface area contributed by atoms with E-state index < -0.39 is 10.0 Å². The van der Waals surface area contributed by atoms with Crippen LogP contribution in [0.3, 0.4) is 0 Å². The highest BCUT2D eigenvalue weighted by molar-refractivity contribution is 7.89. The Bertz CT molecular complexity index is 554. The van der Waals surface area contributed by atoms with Crippen molar-refractivity contribution in [3.63, 3.8) is 0 Å². The molecule has 0 spiro atoms. The Labute approximate surface area is 111 Å². The summed E-state index contributed by atoms with van der Waals surface area (Å²) in [6.07, 6.45) is 0.412. The van der Waals surface area contributed by atoms with E-state index in [2.05, 4.69) is 9.88 Å². The highest BCUT2D eigenvalue weighted by Crippen LogP contribution is 2.15. The molecule has 1 N–H and O–H groups in total. The van der Waals surface area contributed by atoms with E-state index in [0.717, 1.165) is 5.71 Å². The van der Waals surface area contributed by atoms with Crippen molar-refractivity contribution in [1.82, 2.24) is 4.72 Å². The summed E-state index contributed by atoms with van der Waals surface area (Å²) in [5.41, 5.74) is 0.866. The summed E-state index contributed by atoms with van der Waals surface area (Å²) in [6, 6.07) is 5.99. The van der Waals surface area contributed by atoms with Gasteiger partial charge in [-0.3, -0.25) is 0 Å². The van der Waals surface area contributed by atoms with Gasteiger partial charge in [-0.05, 0) is 31.2 Å². The maximum absolute atomic E-state index is 11.9. The number of nitrogens with zero attached hydrogens (tertiary/aromatic N) is 1. The predicted octanol–water partition coefficient (Wildman–Crippen LogP) is 1.78. The number of sulfonamides is 1. The summed E-state index contributed by atoms with van der Waals surface area (Å²) < 4.78 is 26.4. The lowest BCUT2D eigenvalue weighted by Crippen LogP contribution is -2.32. The molecule has 0 bridgehead atoms. The number of oxime groups is 1. The molecule has 0 aliphatic carbocycles. The minimum atomic E-state index is -3.52. The van der Waals surface area contributed by atoms with Crippen molar-refractivity contribution in [3.05, 3.63) is 29.3 Å². The Kier molecular flexibility index (Phi) is 3.89. The highest BCUT2D eigenvalue weighted by atomic mass is 35.5. The van der Waals surface area contributed by atoms with Gasteiger partial charge in [-0.25, -0.2) is 13.1 Å². The van der Waals surface area contributed by atoms with Crippen molar-refractivity contribution >= 4 is 27.3 Å². The van der Waals surface area contributed by atoms with Gasteiger partial charge in [-0.1, -0.05) is 16.8 Å². The molecule has 1 heterocycles. The molecule has 98 valence electrons. The first-order valence-electron chi connectivity index (χ1n) is 5.42. The molecule has 1 aliphatic heterocycles. The standard InChI is InChI=1S/C11H13ClN2O3S/c1-8-6-10(17-14-8)7-13-18(15,16)11-4-2-9(12)3-5-11/h2-5,10,13H,6-7H2,1H3/t10-/m1/s1. The van der Waals surface area contributed by atoms with Crippen LogP contribution in [0.5, 0.6) is 0 Å². The Hall–Kier alpha value is -1.11. The van der Waals surface area contributed by atoms with E-state index in [0.29, 0.717) is 11.4 Å². The fourth-order valence-electron chi connectivity index (χ4n) is 1.58. The molecule has 5 nitrogen and oxygen atoms in total. The third-order valence-electron chi connectivity index (χ3n) is 2.51. The van der Waals surface area contributed by atoms with Crippen molar-refractivity contribution < 1.29 is 13.3 Å². The topological polar surface area (TPSA) is 67.8 Å². The molecule has 1 aliphatic rings. The van der Waals surface area contributed by atoms with Crippen LogP contribution in [0.2, 0.25) is 5.02 Å². The van der Waals surface area contributed by atoms with Crippen LogP contribution in [0.1, 0.15) is 13.3 Å². The first-order valence-corrected chi connectivity index (χ1v) is 7.28. The second-order valence-electron chi connectivity index (χ2n) is 4.06. The molecule has 7 heteroatoms. The largest absolute Gasteiger partial charge is 0.391 e. The number of hydrogen-bond acceptors (Lipinski definition) is 4. The molecular weight excluding hydrogens is 276 g/mol. The Morgan fingerprint density at radius 1 is 1.44 bits per heavy atom. The van der Waals surface area contributed by atoms with Crippen molar-refractivity contribution in [2.75, 3.05) is 6.54 Å². The monoisotopic (exact) mass is 288 g/mol. The van der Waals surface area contributed by atoms with Gasteiger partial charge in [0.05, 0.1) is 17.2 Å². The van der Waals surface area contributed by atoms with Crippen molar-refractivity contribution in [3.8, 4) is 0 Å². The molecular formula is C11H13ClN2O3S. The summed E-state index contributed by atoms with van der Waals surface area (Å²) in [5.74, 6) is 0. The summed E-state index contributed by atoms with van der Waals surface area (Å²) in [7, 11) is -3.52. The van der Waals surface area contributed by atoms with E-state index >= 15 is 0 Å². The van der Waals surface area contributed by atoms with E-state index in [1.54, 1.807) is 0 Å². The van der Waals surface area contributed by atoms with Gasteiger partial charge in [0.25, 0.3) is 0 Å². The number of hydrogen-bond donors (Lipinski definition) is 1. The lowest BCUT2D eigenvalue weighted by atomic mass is 10.2.